The summed E-state index contributed by atoms with van der Waals surface area (Å²) in [6.07, 6.45) is 4.75. The predicted molar refractivity (Wildman–Crippen MR) is 100 cm³/mol. The average Bonchev–Trinajstić information content (AvgIpc) is 3.05. The third-order valence-electron chi connectivity index (χ3n) is 4.96. The van der Waals surface area contributed by atoms with E-state index >= 15 is 0 Å². The fraction of sp³-hybridized carbons (Fsp3) is 0.600. The lowest BCUT2D eigenvalue weighted by atomic mass is 9.99. The fourth-order valence-corrected chi connectivity index (χ4v) is 3.31. The maximum atomic E-state index is 5.49. The number of hydrogen-bond donors (Lipinski definition) is 0. The molecule has 1 fully saturated rings. The molecule has 2 aromatic rings. The lowest BCUT2D eigenvalue weighted by Gasteiger charge is -2.28. The highest BCUT2D eigenvalue weighted by molar-refractivity contribution is 5.55. The van der Waals surface area contributed by atoms with Crippen molar-refractivity contribution < 1.29 is 4.52 Å². The monoisotopic (exact) mass is 342 g/mol. The molecule has 0 saturated carbocycles. The van der Waals surface area contributed by atoms with Crippen molar-refractivity contribution in [2.75, 3.05) is 33.7 Å². The minimum atomic E-state index is 0.704. The highest BCUT2D eigenvalue weighted by Crippen LogP contribution is 2.21. The van der Waals surface area contributed by atoms with Crippen LogP contribution in [0.5, 0.6) is 0 Å². The Morgan fingerprint density at radius 1 is 1.24 bits per heavy atom. The maximum absolute atomic E-state index is 5.49. The van der Waals surface area contributed by atoms with Crippen LogP contribution >= 0.6 is 0 Å². The molecule has 5 nitrogen and oxygen atoms in total. The second-order valence-corrected chi connectivity index (χ2v) is 7.58. The molecule has 25 heavy (non-hydrogen) atoms. The third-order valence-corrected chi connectivity index (χ3v) is 4.96. The van der Waals surface area contributed by atoms with Crippen LogP contribution < -0.4 is 0 Å². The highest BCUT2D eigenvalue weighted by atomic mass is 16.5. The second kappa shape index (κ2) is 8.59. The van der Waals surface area contributed by atoms with E-state index in [-0.39, 0.29) is 0 Å². The van der Waals surface area contributed by atoms with E-state index < -0.39 is 0 Å². The number of aryl methyl sites for hydroxylation is 1. The van der Waals surface area contributed by atoms with Gasteiger partial charge in [-0.15, -0.1) is 0 Å². The minimum absolute atomic E-state index is 0.704. The molecule has 0 N–H and O–H groups in total. The van der Waals surface area contributed by atoms with Crippen LogP contribution in [0.2, 0.25) is 0 Å². The van der Waals surface area contributed by atoms with Gasteiger partial charge in [-0.25, -0.2) is 0 Å². The summed E-state index contributed by atoms with van der Waals surface area (Å²) in [5.74, 6) is 2.27. The van der Waals surface area contributed by atoms with Gasteiger partial charge in [0.15, 0.2) is 0 Å². The van der Waals surface area contributed by atoms with Crippen molar-refractivity contribution in [3.63, 3.8) is 0 Å². The van der Waals surface area contributed by atoms with E-state index in [1.54, 1.807) is 0 Å². The molecule has 0 spiro atoms. The Hall–Kier alpha value is -1.72. The summed E-state index contributed by atoms with van der Waals surface area (Å²) >= 11 is 0. The molecule has 2 heterocycles. The van der Waals surface area contributed by atoms with Gasteiger partial charge in [0.2, 0.25) is 11.7 Å². The SMILES string of the molecule is CC1CCN(Cc2nc(-c3cccc(CCCN(C)C)c3)no2)CC1. The van der Waals surface area contributed by atoms with Crippen molar-refractivity contribution in [3.05, 3.63) is 35.7 Å². The van der Waals surface area contributed by atoms with E-state index in [1.165, 1.54) is 18.4 Å². The third kappa shape index (κ3) is 5.38. The molecule has 1 aliphatic heterocycles. The van der Waals surface area contributed by atoms with Gasteiger partial charge in [-0.1, -0.05) is 30.3 Å². The zero-order valence-corrected chi connectivity index (χ0v) is 15.7. The Balaban J connectivity index is 1.59. The summed E-state index contributed by atoms with van der Waals surface area (Å²) in [5.41, 5.74) is 2.38. The molecule has 0 radical (unpaired) electrons. The van der Waals surface area contributed by atoms with Crippen molar-refractivity contribution in [2.45, 2.75) is 39.2 Å². The summed E-state index contributed by atoms with van der Waals surface area (Å²) < 4.78 is 5.49. The fourth-order valence-electron chi connectivity index (χ4n) is 3.31. The summed E-state index contributed by atoms with van der Waals surface area (Å²) in [5, 5.41) is 4.20. The van der Waals surface area contributed by atoms with Gasteiger partial charge in [0, 0.05) is 5.56 Å². The Labute approximate surface area is 151 Å². The van der Waals surface area contributed by atoms with E-state index in [0.717, 1.165) is 56.4 Å². The van der Waals surface area contributed by atoms with Gasteiger partial charge in [0.05, 0.1) is 6.54 Å². The molecule has 0 bridgehead atoms. The van der Waals surface area contributed by atoms with Crippen LogP contribution in [0.1, 0.15) is 37.6 Å². The van der Waals surface area contributed by atoms with Gasteiger partial charge in [-0.3, -0.25) is 4.90 Å². The molecule has 5 heteroatoms. The van der Waals surface area contributed by atoms with E-state index in [2.05, 4.69) is 65.2 Å². The lowest BCUT2D eigenvalue weighted by Crippen LogP contribution is -2.32. The normalized spacial score (nSPS) is 16.6. The molecule has 1 saturated heterocycles. The number of likely N-dealkylation sites (tertiary alicyclic amines) is 1. The molecule has 0 atom stereocenters. The van der Waals surface area contributed by atoms with Crippen molar-refractivity contribution in [1.29, 1.82) is 0 Å². The standard InChI is InChI=1S/C20H30N4O/c1-16-9-12-24(13-10-16)15-19-21-20(22-25-19)18-8-4-6-17(14-18)7-5-11-23(2)3/h4,6,8,14,16H,5,7,9-13,15H2,1-3H3. The smallest absolute Gasteiger partial charge is 0.241 e. The van der Waals surface area contributed by atoms with Crippen LogP contribution in [0, 0.1) is 5.92 Å². The molecule has 1 aliphatic rings. The molecule has 0 amide bonds. The quantitative estimate of drug-likeness (QED) is 0.771. The maximum Gasteiger partial charge on any atom is 0.241 e. The number of rotatable bonds is 7. The Bertz CT molecular complexity index is 659. The summed E-state index contributed by atoms with van der Waals surface area (Å²) in [4.78, 5) is 9.25. The van der Waals surface area contributed by atoms with Gasteiger partial charge in [0.1, 0.15) is 0 Å². The first-order valence-electron chi connectivity index (χ1n) is 9.39. The summed E-state index contributed by atoms with van der Waals surface area (Å²) in [7, 11) is 4.22. The van der Waals surface area contributed by atoms with Gasteiger partial charge in [-0.2, -0.15) is 4.98 Å². The van der Waals surface area contributed by atoms with Crippen LogP contribution in [0.4, 0.5) is 0 Å². The topological polar surface area (TPSA) is 45.4 Å². The number of nitrogens with zero attached hydrogens (tertiary/aromatic N) is 4. The molecule has 0 aliphatic carbocycles. The Morgan fingerprint density at radius 2 is 2.04 bits per heavy atom. The second-order valence-electron chi connectivity index (χ2n) is 7.58. The van der Waals surface area contributed by atoms with Gasteiger partial charge in [0.25, 0.3) is 0 Å². The highest BCUT2D eigenvalue weighted by Gasteiger charge is 2.18. The van der Waals surface area contributed by atoms with E-state index in [0.29, 0.717) is 5.82 Å². The molecule has 0 unspecified atom stereocenters. The zero-order chi connectivity index (χ0) is 17.6. The largest absolute Gasteiger partial charge is 0.338 e. The molecule has 1 aromatic heterocycles. The van der Waals surface area contributed by atoms with Crippen molar-refractivity contribution in [1.82, 2.24) is 19.9 Å². The lowest BCUT2D eigenvalue weighted by molar-refractivity contribution is 0.165. The summed E-state index contributed by atoms with van der Waals surface area (Å²) in [6, 6.07) is 8.51. The molecule has 3 rings (SSSR count). The van der Waals surface area contributed by atoms with Crippen molar-refractivity contribution in [3.8, 4) is 11.4 Å². The van der Waals surface area contributed by atoms with E-state index in [4.69, 9.17) is 4.52 Å². The first kappa shape index (κ1) is 18.1. The van der Waals surface area contributed by atoms with Crippen LogP contribution in [-0.2, 0) is 13.0 Å². The number of aromatic nitrogens is 2. The molecular weight excluding hydrogens is 312 g/mol. The Morgan fingerprint density at radius 3 is 2.80 bits per heavy atom. The first-order chi connectivity index (χ1) is 12.1. The molecular formula is C20H30N4O. The Kier molecular flexibility index (Phi) is 6.21. The van der Waals surface area contributed by atoms with E-state index in [1.807, 2.05) is 0 Å². The van der Waals surface area contributed by atoms with Crippen LogP contribution in [0.25, 0.3) is 11.4 Å². The number of piperidine rings is 1. The van der Waals surface area contributed by atoms with E-state index in [9.17, 15) is 0 Å². The average molecular weight is 342 g/mol. The van der Waals surface area contributed by atoms with Gasteiger partial charge in [-0.05, 0) is 77.0 Å². The summed E-state index contributed by atoms with van der Waals surface area (Å²) in [6.45, 7) is 6.45. The zero-order valence-electron chi connectivity index (χ0n) is 15.7. The number of hydrogen-bond acceptors (Lipinski definition) is 5. The first-order valence-corrected chi connectivity index (χ1v) is 9.39. The van der Waals surface area contributed by atoms with Crippen molar-refractivity contribution in [2.24, 2.45) is 5.92 Å². The molecule has 1 aromatic carbocycles. The molecule has 136 valence electrons. The van der Waals surface area contributed by atoms with Crippen LogP contribution in [0.15, 0.2) is 28.8 Å². The van der Waals surface area contributed by atoms with Crippen LogP contribution in [0.3, 0.4) is 0 Å². The van der Waals surface area contributed by atoms with Gasteiger partial charge < -0.3 is 9.42 Å². The minimum Gasteiger partial charge on any atom is -0.338 e. The number of benzene rings is 1. The van der Waals surface area contributed by atoms with Crippen molar-refractivity contribution >= 4 is 0 Å². The predicted octanol–water partition coefficient (Wildman–Crippen LogP) is 3.46. The van der Waals surface area contributed by atoms with Crippen LogP contribution in [-0.4, -0.2) is 53.7 Å². The van der Waals surface area contributed by atoms with Gasteiger partial charge >= 0.3 is 0 Å².